The summed E-state index contributed by atoms with van der Waals surface area (Å²) in [5.74, 6) is 0.798. The van der Waals surface area contributed by atoms with Crippen LogP contribution in [0.2, 0.25) is 0 Å². The highest BCUT2D eigenvalue weighted by Crippen LogP contribution is 2.40. The average molecular weight is 345 g/mol. The monoisotopic (exact) mass is 345 g/mol. The van der Waals surface area contributed by atoms with Crippen LogP contribution in [0.4, 0.5) is 10.6 Å². The van der Waals surface area contributed by atoms with Gasteiger partial charge in [-0.25, -0.2) is 9.78 Å². The number of ether oxygens (including phenoxy) is 1. The molecule has 0 aromatic carbocycles. The van der Waals surface area contributed by atoms with E-state index in [2.05, 4.69) is 22.9 Å². The van der Waals surface area contributed by atoms with E-state index < -0.39 is 5.60 Å². The molecule has 1 amide bonds. The lowest BCUT2D eigenvalue weighted by atomic mass is 10.0. The molecule has 5 heteroatoms. The number of carbonyl (C=O) groups is 1. The first-order valence-electron chi connectivity index (χ1n) is 9.62. The minimum atomic E-state index is -0.499. The standard InChI is InChI=1S/C20H31N3O2/c1-5-13-22-14-7-9-17(22)16-8-6-12-21-18(16)23(15-10-11-15)19(24)25-20(2,3)4/h6,8,12,15,17H,5,7,9-11,13-14H2,1-4H3. The minimum absolute atomic E-state index is 0.226. The highest BCUT2D eigenvalue weighted by Gasteiger charge is 2.40. The quantitative estimate of drug-likeness (QED) is 0.786. The fraction of sp³-hybridized carbons (Fsp3) is 0.700. The van der Waals surface area contributed by atoms with Crippen molar-refractivity contribution in [2.45, 2.75) is 77.5 Å². The molecule has 1 aromatic rings. The SMILES string of the molecule is CCCN1CCCC1c1cccnc1N(C(=O)OC(C)(C)C)C1CC1. The maximum atomic E-state index is 12.9. The number of aromatic nitrogens is 1. The van der Waals surface area contributed by atoms with E-state index in [9.17, 15) is 4.79 Å². The number of carbonyl (C=O) groups excluding carboxylic acids is 1. The van der Waals surface area contributed by atoms with Crippen molar-refractivity contribution >= 4 is 11.9 Å². The van der Waals surface area contributed by atoms with Crippen LogP contribution in [0.15, 0.2) is 18.3 Å². The molecular weight excluding hydrogens is 314 g/mol. The summed E-state index contributed by atoms with van der Waals surface area (Å²) >= 11 is 0. The molecule has 1 saturated carbocycles. The second-order valence-electron chi connectivity index (χ2n) is 8.19. The van der Waals surface area contributed by atoms with Crippen LogP contribution in [0, 0.1) is 0 Å². The molecule has 25 heavy (non-hydrogen) atoms. The number of rotatable bonds is 5. The molecule has 2 aliphatic rings. The normalized spacial score (nSPS) is 21.4. The van der Waals surface area contributed by atoms with E-state index in [1.165, 1.54) is 12.0 Å². The van der Waals surface area contributed by atoms with Crippen molar-refractivity contribution in [1.29, 1.82) is 0 Å². The van der Waals surface area contributed by atoms with E-state index in [4.69, 9.17) is 4.74 Å². The molecule has 0 radical (unpaired) electrons. The number of nitrogens with zero attached hydrogens (tertiary/aromatic N) is 3. The highest BCUT2D eigenvalue weighted by atomic mass is 16.6. The Morgan fingerprint density at radius 1 is 1.36 bits per heavy atom. The first-order valence-corrected chi connectivity index (χ1v) is 9.62. The fourth-order valence-corrected chi connectivity index (χ4v) is 3.66. The fourth-order valence-electron chi connectivity index (χ4n) is 3.66. The van der Waals surface area contributed by atoms with Gasteiger partial charge in [0.2, 0.25) is 0 Å². The van der Waals surface area contributed by atoms with Gasteiger partial charge in [-0.3, -0.25) is 9.80 Å². The zero-order valence-electron chi connectivity index (χ0n) is 16.0. The van der Waals surface area contributed by atoms with Gasteiger partial charge in [-0.15, -0.1) is 0 Å². The van der Waals surface area contributed by atoms with Crippen LogP contribution < -0.4 is 4.90 Å². The van der Waals surface area contributed by atoms with Crippen molar-refractivity contribution in [3.8, 4) is 0 Å². The van der Waals surface area contributed by atoms with Gasteiger partial charge in [0, 0.05) is 23.8 Å². The van der Waals surface area contributed by atoms with Crippen molar-refractivity contribution < 1.29 is 9.53 Å². The molecule has 0 N–H and O–H groups in total. The van der Waals surface area contributed by atoms with Crippen LogP contribution in [0.3, 0.4) is 0 Å². The largest absolute Gasteiger partial charge is 0.443 e. The summed E-state index contributed by atoms with van der Waals surface area (Å²) in [4.78, 5) is 21.8. The number of amides is 1. The van der Waals surface area contributed by atoms with Gasteiger partial charge < -0.3 is 4.74 Å². The molecule has 1 aromatic heterocycles. The Morgan fingerprint density at radius 2 is 2.12 bits per heavy atom. The van der Waals surface area contributed by atoms with Gasteiger partial charge in [-0.1, -0.05) is 13.0 Å². The van der Waals surface area contributed by atoms with Crippen LogP contribution in [-0.4, -0.2) is 40.7 Å². The van der Waals surface area contributed by atoms with Crippen LogP contribution in [0.25, 0.3) is 0 Å². The summed E-state index contributed by atoms with van der Waals surface area (Å²) in [6.07, 6.45) is 7.05. The minimum Gasteiger partial charge on any atom is -0.443 e. The van der Waals surface area contributed by atoms with Crippen molar-refractivity contribution in [3.63, 3.8) is 0 Å². The van der Waals surface area contributed by atoms with E-state index in [0.29, 0.717) is 6.04 Å². The van der Waals surface area contributed by atoms with Gasteiger partial charge in [0.1, 0.15) is 11.4 Å². The first kappa shape index (κ1) is 18.2. The number of likely N-dealkylation sites (tertiary alicyclic amines) is 1. The van der Waals surface area contributed by atoms with E-state index in [1.807, 2.05) is 31.7 Å². The third kappa shape index (κ3) is 4.32. The highest BCUT2D eigenvalue weighted by molar-refractivity contribution is 5.89. The number of pyridine rings is 1. The first-order chi connectivity index (χ1) is 11.9. The lowest BCUT2D eigenvalue weighted by Gasteiger charge is -2.31. The summed E-state index contributed by atoms with van der Waals surface area (Å²) < 4.78 is 5.68. The summed E-state index contributed by atoms with van der Waals surface area (Å²) in [5.41, 5.74) is 0.673. The summed E-state index contributed by atoms with van der Waals surface area (Å²) in [5, 5.41) is 0. The molecule has 1 atom stereocenters. The maximum absolute atomic E-state index is 12.9. The predicted octanol–water partition coefficient (Wildman–Crippen LogP) is 4.53. The van der Waals surface area contributed by atoms with E-state index in [0.717, 1.165) is 44.6 Å². The lowest BCUT2D eigenvalue weighted by molar-refractivity contribution is 0.0576. The Hall–Kier alpha value is -1.62. The Kier molecular flexibility index (Phi) is 5.32. The Labute approximate surface area is 151 Å². The molecule has 1 saturated heterocycles. The second-order valence-corrected chi connectivity index (χ2v) is 8.19. The van der Waals surface area contributed by atoms with E-state index >= 15 is 0 Å². The molecule has 138 valence electrons. The number of hydrogen-bond donors (Lipinski definition) is 0. The van der Waals surface area contributed by atoms with Gasteiger partial charge in [0.05, 0.1) is 0 Å². The topological polar surface area (TPSA) is 45.7 Å². The molecule has 5 nitrogen and oxygen atoms in total. The zero-order valence-corrected chi connectivity index (χ0v) is 16.0. The molecule has 1 aliphatic carbocycles. The molecule has 3 rings (SSSR count). The van der Waals surface area contributed by atoms with Crippen LogP contribution in [-0.2, 0) is 4.74 Å². The third-order valence-corrected chi connectivity index (χ3v) is 4.78. The predicted molar refractivity (Wildman–Crippen MR) is 99.8 cm³/mol. The molecule has 1 unspecified atom stereocenters. The van der Waals surface area contributed by atoms with Gasteiger partial charge in [-0.05, 0) is 72.0 Å². The van der Waals surface area contributed by atoms with E-state index in [1.54, 1.807) is 6.20 Å². The van der Waals surface area contributed by atoms with Gasteiger partial charge >= 0.3 is 6.09 Å². The smallest absolute Gasteiger partial charge is 0.416 e. The number of anilines is 1. The summed E-state index contributed by atoms with van der Waals surface area (Å²) in [6, 6.07) is 4.71. The van der Waals surface area contributed by atoms with Gasteiger partial charge in [0.15, 0.2) is 0 Å². The second kappa shape index (κ2) is 7.32. The average Bonchev–Trinajstić information content (AvgIpc) is 3.25. The van der Waals surface area contributed by atoms with Crippen molar-refractivity contribution in [2.24, 2.45) is 0 Å². The van der Waals surface area contributed by atoms with Gasteiger partial charge in [0.25, 0.3) is 0 Å². The van der Waals surface area contributed by atoms with Crippen LogP contribution in [0.1, 0.15) is 71.4 Å². The summed E-state index contributed by atoms with van der Waals surface area (Å²) in [6.45, 7) is 10.2. The summed E-state index contributed by atoms with van der Waals surface area (Å²) in [7, 11) is 0. The maximum Gasteiger partial charge on any atom is 0.416 e. The van der Waals surface area contributed by atoms with Crippen molar-refractivity contribution in [2.75, 3.05) is 18.0 Å². The van der Waals surface area contributed by atoms with Crippen molar-refractivity contribution in [3.05, 3.63) is 23.9 Å². The molecular formula is C20H31N3O2. The Morgan fingerprint density at radius 3 is 2.76 bits per heavy atom. The molecule has 2 heterocycles. The Balaban J connectivity index is 1.91. The third-order valence-electron chi connectivity index (χ3n) is 4.78. The molecule has 0 spiro atoms. The molecule has 0 bridgehead atoms. The number of hydrogen-bond acceptors (Lipinski definition) is 4. The lowest BCUT2D eigenvalue weighted by Crippen LogP contribution is -2.40. The van der Waals surface area contributed by atoms with E-state index in [-0.39, 0.29) is 12.1 Å². The molecule has 1 aliphatic heterocycles. The van der Waals surface area contributed by atoms with Gasteiger partial charge in [-0.2, -0.15) is 0 Å². The zero-order chi connectivity index (χ0) is 18.0. The molecule has 2 fully saturated rings. The van der Waals surface area contributed by atoms with Crippen LogP contribution >= 0.6 is 0 Å². The van der Waals surface area contributed by atoms with Crippen molar-refractivity contribution in [1.82, 2.24) is 9.88 Å². The Bertz CT molecular complexity index is 607. The van der Waals surface area contributed by atoms with Crippen LogP contribution in [0.5, 0.6) is 0 Å².